The Labute approximate surface area is 115 Å². The first kappa shape index (κ1) is 13.7. The van der Waals surface area contributed by atoms with E-state index in [1.165, 1.54) is 12.1 Å². The molecule has 7 heteroatoms. The number of sulfonamides is 1. The second-order valence-corrected chi connectivity index (χ2v) is 6.94. The summed E-state index contributed by atoms with van der Waals surface area (Å²) in [6.45, 7) is 2.04. The number of aromatic nitrogens is 1. The van der Waals surface area contributed by atoms with Crippen molar-refractivity contribution in [2.45, 2.75) is 17.7 Å². The molecular weight excluding hydrogens is 282 g/mol. The lowest BCUT2D eigenvalue weighted by Crippen LogP contribution is -2.22. The summed E-state index contributed by atoms with van der Waals surface area (Å²) < 4.78 is 26.6. The lowest BCUT2D eigenvalue weighted by molar-refractivity contribution is 0.583. The van der Waals surface area contributed by atoms with Gasteiger partial charge in [-0.05, 0) is 30.7 Å². The van der Waals surface area contributed by atoms with E-state index in [-0.39, 0.29) is 10.8 Å². The number of pyridine rings is 1. The monoisotopic (exact) mass is 293 g/mol. The second kappa shape index (κ2) is 5.48. The molecule has 2 aromatic rings. The van der Waals surface area contributed by atoms with Crippen LogP contribution in [0.3, 0.4) is 0 Å². The highest BCUT2D eigenvalue weighted by Gasteiger charge is 2.16. The topological polar surface area (TPSA) is 82.9 Å². The number of nitrogens with one attached hydrogen (secondary N) is 1. The maximum atomic E-state index is 12.0. The smallest absolute Gasteiger partial charge is 0.250 e. The van der Waals surface area contributed by atoms with Gasteiger partial charge in [0.2, 0.25) is 10.0 Å². The molecule has 0 fully saturated rings. The molecule has 19 heavy (non-hydrogen) atoms. The van der Waals surface area contributed by atoms with Crippen molar-refractivity contribution in [3.63, 3.8) is 0 Å². The van der Waals surface area contributed by atoms with E-state index in [1.54, 1.807) is 6.20 Å². The van der Waals surface area contributed by atoms with Gasteiger partial charge in [0, 0.05) is 18.4 Å². The molecule has 0 aliphatic carbocycles. The van der Waals surface area contributed by atoms with Crippen LogP contribution in [0.15, 0.2) is 34.7 Å². The minimum Gasteiger partial charge on any atom is -0.261 e. The first-order chi connectivity index (χ1) is 9.01. The average Bonchev–Trinajstić information content (AvgIpc) is 2.88. The number of aryl methyl sites for hydroxylation is 1. The SMILES string of the molecule is Cc1ccc(CNS(=O)(=O)c2ccc(C#N)s2)cn1. The predicted octanol–water partition coefficient (Wildman–Crippen LogP) is 1.80. The fraction of sp³-hybridized carbons (Fsp3) is 0.167. The van der Waals surface area contributed by atoms with Crippen molar-refractivity contribution < 1.29 is 8.42 Å². The molecule has 2 heterocycles. The van der Waals surface area contributed by atoms with E-state index in [0.717, 1.165) is 22.6 Å². The average molecular weight is 293 g/mol. The number of thiophene rings is 1. The maximum Gasteiger partial charge on any atom is 0.250 e. The molecule has 0 atom stereocenters. The van der Waals surface area contributed by atoms with E-state index in [1.807, 2.05) is 25.1 Å². The minimum atomic E-state index is -3.57. The van der Waals surface area contributed by atoms with Crippen molar-refractivity contribution in [2.75, 3.05) is 0 Å². The molecule has 2 rings (SSSR count). The van der Waals surface area contributed by atoms with Gasteiger partial charge in [0.15, 0.2) is 0 Å². The summed E-state index contributed by atoms with van der Waals surface area (Å²) in [6, 6.07) is 8.48. The Bertz CT molecular complexity index is 712. The standard InChI is InChI=1S/C12H11N3O2S2/c1-9-2-3-10(7-14-9)8-15-19(16,17)12-5-4-11(6-13)18-12/h2-5,7,15H,8H2,1H3. The van der Waals surface area contributed by atoms with Crippen molar-refractivity contribution in [1.82, 2.24) is 9.71 Å². The minimum absolute atomic E-state index is 0.143. The fourth-order valence-corrected chi connectivity index (χ4v) is 3.54. The van der Waals surface area contributed by atoms with Crippen molar-refractivity contribution in [2.24, 2.45) is 0 Å². The second-order valence-electron chi connectivity index (χ2n) is 3.86. The number of nitriles is 1. The van der Waals surface area contributed by atoms with Crippen LogP contribution in [0, 0.1) is 18.3 Å². The number of nitrogens with zero attached hydrogens (tertiary/aromatic N) is 2. The highest BCUT2D eigenvalue weighted by Crippen LogP contribution is 2.20. The summed E-state index contributed by atoms with van der Waals surface area (Å²) in [7, 11) is -3.57. The Morgan fingerprint density at radius 3 is 2.74 bits per heavy atom. The van der Waals surface area contributed by atoms with Crippen LogP contribution in [0.5, 0.6) is 0 Å². The Hall–Kier alpha value is -1.75. The van der Waals surface area contributed by atoms with E-state index in [2.05, 4.69) is 9.71 Å². The van der Waals surface area contributed by atoms with Crippen LogP contribution in [-0.2, 0) is 16.6 Å². The number of hydrogen-bond donors (Lipinski definition) is 1. The molecule has 0 bridgehead atoms. The zero-order valence-corrected chi connectivity index (χ0v) is 11.8. The summed E-state index contributed by atoms with van der Waals surface area (Å²) in [5.74, 6) is 0. The zero-order chi connectivity index (χ0) is 13.9. The van der Waals surface area contributed by atoms with Gasteiger partial charge in [-0.3, -0.25) is 4.98 Å². The van der Waals surface area contributed by atoms with Gasteiger partial charge >= 0.3 is 0 Å². The molecule has 0 aliphatic heterocycles. The molecular formula is C12H11N3O2S2. The van der Waals surface area contributed by atoms with Crippen LogP contribution in [-0.4, -0.2) is 13.4 Å². The van der Waals surface area contributed by atoms with Gasteiger partial charge in [0.05, 0.1) is 0 Å². The van der Waals surface area contributed by atoms with Crippen LogP contribution in [0.2, 0.25) is 0 Å². The van der Waals surface area contributed by atoms with Gasteiger partial charge in [-0.2, -0.15) is 5.26 Å². The van der Waals surface area contributed by atoms with Crippen LogP contribution >= 0.6 is 11.3 Å². The Kier molecular flexibility index (Phi) is 3.95. The van der Waals surface area contributed by atoms with Gasteiger partial charge in [-0.25, -0.2) is 13.1 Å². The first-order valence-electron chi connectivity index (χ1n) is 5.42. The van der Waals surface area contributed by atoms with E-state index >= 15 is 0 Å². The molecule has 0 saturated carbocycles. The maximum absolute atomic E-state index is 12.0. The lowest BCUT2D eigenvalue weighted by Gasteiger charge is -2.04. The molecule has 5 nitrogen and oxygen atoms in total. The van der Waals surface area contributed by atoms with Crippen LogP contribution in [0.4, 0.5) is 0 Å². The van der Waals surface area contributed by atoms with Crippen molar-refractivity contribution in [3.05, 3.63) is 46.6 Å². The van der Waals surface area contributed by atoms with Gasteiger partial charge in [0.1, 0.15) is 15.2 Å². The Balaban J connectivity index is 2.10. The number of rotatable bonds is 4. The Morgan fingerprint density at radius 2 is 2.16 bits per heavy atom. The Morgan fingerprint density at radius 1 is 1.37 bits per heavy atom. The summed E-state index contributed by atoms with van der Waals surface area (Å²) >= 11 is 0.950. The van der Waals surface area contributed by atoms with Crippen molar-refractivity contribution in [3.8, 4) is 6.07 Å². The van der Waals surface area contributed by atoms with Gasteiger partial charge < -0.3 is 0 Å². The molecule has 1 N–H and O–H groups in total. The third-order valence-electron chi connectivity index (χ3n) is 2.40. The largest absolute Gasteiger partial charge is 0.261 e. The van der Waals surface area contributed by atoms with E-state index in [9.17, 15) is 8.42 Å². The normalized spacial score (nSPS) is 11.2. The summed E-state index contributed by atoms with van der Waals surface area (Å²) in [6.07, 6.45) is 1.63. The fourth-order valence-electron chi connectivity index (χ4n) is 1.38. The molecule has 0 radical (unpaired) electrons. The molecule has 0 spiro atoms. The van der Waals surface area contributed by atoms with Gasteiger partial charge in [-0.1, -0.05) is 6.07 Å². The summed E-state index contributed by atoms with van der Waals surface area (Å²) in [5, 5.41) is 8.69. The molecule has 98 valence electrons. The van der Waals surface area contributed by atoms with Crippen LogP contribution in [0.25, 0.3) is 0 Å². The highest BCUT2D eigenvalue weighted by molar-refractivity contribution is 7.91. The molecule has 0 aromatic carbocycles. The molecule has 2 aromatic heterocycles. The molecule has 0 unspecified atom stereocenters. The van der Waals surface area contributed by atoms with Crippen molar-refractivity contribution in [1.29, 1.82) is 5.26 Å². The molecule has 0 saturated heterocycles. The van der Waals surface area contributed by atoms with E-state index in [4.69, 9.17) is 5.26 Å². The lowest BCUT2D eigenvalue weighted by atomic mass is 10.2. The zero-order valence-electron chi connectivity index (χ0n) is 10.1. The van der Waals surface area contributed by atoms with Gasteiger partial charge in [-0.15, -0.1) is 11.3 Å². The number of hydrogen-bond acceptors (Lipinski definition) is 5. The third-order valence-corrected chi connectivity index (χ3v) is 5.28. The summed E-state index contributed by atoms with van der Waals surface area (Å²) in [5.41, 5.74) is 1.66. The highest BCUT2D eigenvalue weighted by atomic mass is 32.2. The van der Waals surface area contributed by atoms with Crippen LogP contribution < -0.4 is 4.72 Å². The van der Waals surface area contributed by atoms with E-state index in [0.29, 0.717) is 4.88 Å². The van der Waals surface area contributed by atoms with E-state index < -0.39 is 10.0 Å². The molecule has 0 amide bonds. The third kappa shape index (κ3) is 3.38. The molecule has 0 aliphatic rings. The van der Waals surface area contributed by atoms with Crippen molar-refractivity contribution >= 4 is 21.4 Å². The first-order valence-corrected chi connectivity index (χ1v) is 7.72. The van der Waals surface area contributed by atoms with Gasteiger partial charge in [0.25, 0.3) is 0 Å². The van der Waals surface area contributed by atoms with Crippen LogP contribution in [0.1, 0.15) is 16.1 Å². The summed E-state index contributed by atoms with van der Waals surface area (Å²) in [4.78, 5) is 4.47. The quantitative estimate of drug-likeness (QED) is 0.931. The predicted molar refractivity (Wildman–Crippen MR) is 72.0 cm³/mol.